The Balaban J connectivity index is 2.39. The summed E-state index contributed by atoms with van der Waals surface area (Å²) >= 11 is 0. The summed E-state index contributed by atoms with van der Waals surface area (Å²) in [6.45, 7) is 4.22. The molecule has 0 aliphatic heterocycles. The van der Waals surface area contributed by atoms with Gasteiger partial charge in [-0.05, 0) is 64.3 Å². The molecule has 19 heavy (non-hydrogen) atoms. The van der Waals surface area contributed by atoms with Gasteiger partial charge >= 0.3 is 0 Å². The summed E-state index contributed by atoms with van der Waals surface area (Å²) in [6, 6.07) is 5.53. The second kappa shape index (κ2) is 7.92. The highest BCUT2D eigenvalue weighted by Gasteiger charge is 2.07. The first-order chi connectivity index (χ1) is 9.04. The summed E-state index contributed by atoms with van der Waals surface area (Å²) in [4.78, 5) is 14.1. The van der Waals surface area contributed by atoms with Gasteiger partial charge in [-0.1, -0.05) is 0 Å². The van der Waals surface area contributed by atoms with Crippen molar-refractivity contribution >= 4 is 5.78 Å². The lowest BCUT2D eigenvalue weighted by Crippen LogP contribution is -2.26. The third-order valence-electron chi connectivity index (χ3n) is 2.96. The molecule has 4 heteroatoms. The molecule has 4 nitrogen and oxygen atoms in total. The van der Waals surface area contributed by atoms with E-state index in [1.807, 2.05) is 39.2 Å². The number of carbonyl (C=O) groups is 1. The van der Waals surface area contributed by atoms with Crippen LogP contribution in [-0.2, 0) is 0 Å². The first-order valence-corrected chi connectivity index (χ1v) is 6.58. The van der Waals surface area contributed by atoms with Crippen molar-refractivity contribution in [2.24, 2.45) is 0 Å². The van der Waals surface area contributed by atoms with Gasteiger partial charge in [0.05, 0.1) is 13.7 Å². The fourth-order valence-electron chi connectivity index (χ4n) is 1.88. The van der Waals surface area contributed by atoms with Crippen LogP contribution in [0.2, 0.25) is 0 Å². The topological polar surface area (TPSA) is 41.6 Å². The Kier molecular flexibility index (Phi) is 6.53. The average Bonchev–Trinajstić information content (AvgIpc) is 2.37. The number of hydrogen-bond donors (Lipinski definition) is 1. The summed E-state index contributed by atoms with van der Waals surface area (Å²) in [5.74, 6) is 0.936. The Bertz CT molecular complexity index is 417. The van der Waals surface area contributed by atoms with E-state index in [1.165, 1.54) is 0 Å². The maximum absolute atomic E-state index is 12.0. The Labute approximate surface area is 115 Å². The van der Waals surface area contributed by atoms with E-state index in [2.05, 4.69) is 10.2 Å². The number of hydrogen-bond acceptors (Lipinski definition) is 4. The Morgan fingerprint density at radius 1 is 1.37 bits per heavy atom. The SMILES string of the molecule is COc1ccc(C(=O)CNCCCN(C)C)cc1C. The fraction of sp³-hybridized carbons (Fsp3) is 0.533. The summed E-state index contributed by atoms with van der Waals surface area (Å²) in [5.41, 5.74) is 1.72. The largest absolute Gasteiger partial charge is 0.496 e. The van der Waals surface area contributed by atoms with Gasteiger partial charge in [0.25, 0.3) is 0 Å². The van der Waals surface area contributed by atoms with E-state index in [0.717, 1.165) is 36.4 Å². The van der Waals surface area contributed by atoms with E-state index in [4.69, 9.17) is 4.74 Å². The van der Waals surface area contributed by atoms with Gasteiger partial charge in [-0.15, -0.1) is 0 Å². The second-order valence-corrected chi connectivity index (χ2v) is 4.94. The molecule has 0 saturated carbocycles. The van der Waals surface area contributed by atoms with E-state index in [9.17, 15) is 4.79 Å². The Hall–Kier alpha value is -1.39. The van der Waals surface area contributed by atoms with Crippen LogP contribution in [0.4, 0.5) is 0 Å². The number of nitrogens with zero attached hydrogens (tertiary/aromatic N) is 1. The van der Waals surface area contributed by atoms with Crippen molar-refractivity contribution in [1.82, 2.24) is 10.2 Å². The zero-order chi connectivity index (χ0) is 14.3. The van der Waals surface area contributed by atoms with Crippen LogP contribution in [0.5, 0.6) is 5.75 Å². The molecule has 0 amide bonds. The predicted octanol–water partition coefficient (Wildman–Crippen LogP) is 1.73. The Morgan fingerprint density at radius 3 is 2.68 bits per heavy atom. The molecule has 0 heterocycles. The summed E-state index contributed by atoms with van der Waals surface area (Å²) in [5, 5.41) is 3.18. The van der Waals surface area contributed by atoms with E-state index in [1.54, 1.807) is 7.11 Å². The minimum atomic E-state index is 0.121. The van der Waals surface area contributed by atoms with Crippen LogP contribution >= 0.6 is 0 Å². The van der Waals surface area contributed by atoms with E-state index in [0.29, 0.717) is 6.54 Å². The van der Waals surface area contributed by atoms with Crippen molar-refractivity contribution in [2.45, 2.75) is 13.3 Å². The van der Waals surface area contributed by atoms with Crippen molar-refractivity contribution < 1.29 is 9.53 Å². The fourth-order valence-corrected chi connectivity index (χ4v) is 1.88. The van der Waals surface area contributed by atoms with Gasteiger partial charge in [0.15, 0.2) is 5.78 Å². The predicted molar refractivity (Wildman–Crippen MR) is 78.1 cm³/mol. The van der Waals surface area contributed by atoms with Gasteiger partial charge in [-0.3, -0.25) is 4.79 Å². The van der Waals surface area contributed by atoms with Gasteiger partial charge in [-0.2, -0.15) is 0 Å². The number of ketones is 1. The normalized spacial score (nSPS) is 10.8. The molecule has 0 saturated heterocycles. The van der Waals surface area contributed by atoms with E-state index in [-0.39, 0.29) is 5.78 Å². The van der Waals surface area contributed by atoms with Crippen molar-refractivity contribution in [3.63, 3.8) is 0 Å². The van der Waals surface area contributed by atoms with Gasteiger partial charge in [0.2, 0.25) is 0 Å². The van der Waals surface area contributed by atoms with Crippen LogP contribution in [0.1, 0.15) is 22.3 Å². The number of methoxy groups -OCH3 is 1. The molecule has 0 bridgehead atoms. The first kappa shape index (κ1) is 15.7. The highest BCUT2D eigenvalue weighted by molar-refractivity contribution is 5.97. The van der Waals surface area contributed by atoms with Gasteiger partial charge < -0.3 is 15.0 Å². The quantitative estimate of drug-likeness (QED) is 0.573. The molecule has 0 aromatic heterocycles. The molecule has 106 valence electrons. The lowest BCUT2D eigenvalue weighted by Gasteiger charge is -2.10. The number of nitrogens with one attached hydrogen (secondary N) is 1. The molecule has 0 aliphatic carbocycles. The number of Topliss-reactive ketones (excluding diaryl/α,β-unsaturated/α-hetero) is 1. The van der Waals surface area contributed by atoms with E-state index < -0.39 is 0 Å². The molecular formula is C15H24N2O2. The van der Waals surface area contributed by atoms with E-state index >= 15 is 0 Å². The summed E-state index contributed by atoms with van der Waals surface area (Å²) < 4.78 is 5.18. The number of rotatable bonds is 8. The van der Waals surface area contributed by atoms with Crippen LogP contribution in [0.15, 0.2) is 18.2 Å². The van der Waals surface area contributed by atoms with Crippen molar-refractivity contribution in [1.29, 1.82) is 0 Å². The first-order valence-electron chi connectivity index (χ1n) is 6.58. The van der Waals surface area contributed by atoms with Crippen LogP contribution in [0.25, 0.3) is 0 Å². The van der Waals surface area contributed by atoms with Crippen molar-refractivity contribution in [3.05, 3.63) is 29.3 Å². The number of ether oxygens (including phenoxy) is 1. The zero-order valence-corrected chi connectivity index (χ0v) is 12.3. The standard InChI is InChI=1S/C15H24N2O2/c1-12-10-13(6-7-15(12)19-4)14(18)11-16-8-5-9-17(2)3/h6-7,10,16H,5,8-9,11H2,1-4H3. The monoisotopic (exact) mass is 264 g/mol. The van der Waals surface area contributed by atoms with Crippen LogP contribution in [0.3, 0.4) is 0 Å². The van der Waals surface area contributed by atoms with Crippen molar-refractivity contribution in [3.8, 4) is 5.75 Å². The lowest BCUT2D eigenvalue weighted by molar-refractivity contribution is 0.0991. The summed E-state index contributed by atoms with van der Waals surface area (Å²) in [6.07, 6.45) is 1.04. The molecule has 1 aromatic rings. The average molecular weight is 264 g/mol. The number of carbonyl (C=O) groups excluding carboxylic acids is 1. The highest BCUT2D eigenvalue weighted by Crippen LogP contribution is 2.18. The molecule has 1 rings (SSSR count). The minimum Gasteiger partial charge on any atom is -0.496 e. The maximum Gasteiger partial charge on any atom is 0.176 e. The molecule has 1 N–H and O–H groups in total. The second-order valence-electron chi connectivity index (χ2n) is 4.94. The number of benzene rings is 1. The zero-order valence-electron chi connectivity index (χ0n) is 12.3. The molecule has 0 fully saturated rings. The molecule has 0 unspecified atom stereocenters. The molecule has 0 spiro atoms. The molecule has 0 atom stereocenters. The molecule has 0 radical (unpaired) electrons. The molecular weight excluding hydrogens is 240 g/mol. The number of aryl methyl sites for hydroxylation is 1. The minimum absolute atomic E-state index is 0.121. The van der Waals surface area contributed by atoms with Crippen LogP contribution in [-0.4, -0.2) is 51.5 Å². The van der Waals surface area contributed by atoms with Gasteiger partial charge in [0, 0.05) is 5.56 Å². The van der Waals surface area contributed by atoms with Crippen LogP contribution in [0, 0.1) is 6.92 Å². The highest BCUT2D eigenvalue weighted by atomic mass is 16.5. The summed E-state index contributed by atoms with van der Waals surface area (Å²) in [7, 11) is 5.73. The van der Waals surface area contributed by atoms with Gasteiger partial charge in [0.1, 0.15) is 5.75 Å². The smallest absolute Gasteiger partial charge is 0.176 e. The molecule has 0 aliphatic rings. The lowest BCUT2D eigenvalue weighted by atomic mass is 10.1. The van der Waals surface area contributed by atoms with Crippen LogP contribution < -0.4 is 10.1 Å². The third-order valence-corrected chi connectivity index (χ3v) is 2.96. The van der Waals surface area contributed by atoms with Crippen molar-refractivity contribution in [2.75, 3.05) is 40.8 Å². The van der Waals surface area contributed by atoms with Gasteiger partial charge in [-0.25, -0.2) is 0 Å². The Morgan fingerprint density at radius 2 is 2.11 bits per heavy atom. The maximum atomic E-state index is 12.0. The third kappa shape index (κ3) is 5.41. The molecule has 1 aromatic carbocycles.